The molecule has 0 saturated heterocycles. The van der Waals surface area contributed by atoms with Crippen molar-refractivity contribution in [2.75, 3.05) is 0 Å². The molecule has 0 N–H and O–H groups in total. The predicted octanol–water partition coefficient (Wildman–Crippen LogP) is 4.95. The van der Waals surface area contributed by atoms with Gasteiger partial charge < -0.3 is 0 Å². The molecule has 0 aliphatic heterocycles. The fourth-order valence-corrected chi connectivity index (χ4v) is 1.98. The maximum Gasteiger partial charge on any atom is -0.0116 e. The summed E-state index contributed by atoms with van der Waals surface area (Å²) < 4.78 is 0. The maximum atomic E-state index is 5.25. The van der Waals surface area contributed by atoms with Crippen LogP contribution in [0.15, 0.2) is 72.8 Å². The molecule has 0 radical (unpaired) electrons. The lowest BCUT2D eigenvalue weighted by atomic mass is 10.00. The lowest BCUT2D eigenvalue weighted by molar-refractivity contribution is 1.57. The lowest BCUT2D eigenvalue weighted by Crippen LogP contribution is -1.82. The van der Waals surface area contributed by atoms with Gasteiger partial charge in [0.2, 0.25) is 0 Å². The first-order valence-corrected chi connectivity index (χ1v) is 6.30. The molecule has 19 heavy (non-hydrogen) atoms. The van der Waals surface area contributed by atoms with E-state index in [-0.39, 0.29) is 0 Å². The second kappa shape index (κ2) is 6.42. The third-order valence-electron chi connectivity index (χ3n) is 3.00. The molecule has 0 unspecified atom stereocenters. The van der Waals surface area contributed by atoms with Crippen molar-refractivity contribution in [3.05, 3.63) is 78.4 Å². The van der Waals surface area contributed by atoms with Gasteiger partial charge in [0.15, 0.2) is 0 Å². The zero-order chi connectivity index (χ0) is 13.5. The van der Waals surface area contributed by atoms with Crippen LogP contribution >= 0.6 is 0 Å². The van der Waals surface area contributed by atoms with E-state index in [9.17, 15) is 0 Å². The van der Waals surface area contributed by atoms with Crippen molar-refractivity contribution in [2.24, 2.45) is 0 Å². The molecular formula is C19H16. The number of hydrogen-bond donors (Lipinski definition) is 0. The fourth-order valence-electron chi connectivity index (χ4n) is 1.98. The SMILES string of the molecule is C#C/C=C\C(=C/C)c1ccc(-c2ccccc2)cc1. The highest BCUT2D eigenvalue weighted by Crippen LogP contribution is 2.22. The first-order chi connectivity index (χ1) is 9.35. The Hall–Kier alpha value is -2.52. The minimum absolute atomic E-state index is 1.14. The Morgan fingerprint density at radius 2 is 1.58 bits per heavy atom. The third kappa shape index (κ3) is 3.24. The molecule has 2 aromatic rings. The van der Waals surface area contributed by atoms with Gasteiger partial charge in [0.1, 0.15) is 0 Å². The van der Waals surface area contributed by atoms with E-state index in [1.54, 1.807) is 6.08 Å². The van der Waals surface area contributed by atoms with Crippen LogP contribution in [0.2, 0.25) is 0 Å². The molecule has 0 amide bonds. The van der Waals surface area contributed by atoms with Crippen LogP contribution in [-0.4, -0.2) is 0 Å². The van der Waals surface area contributed by atoms with Crippen molar-refractivity contribution in [3.8, 4) is 23.5 Å². The van der Waals surface area contributed by atoms with Crippen molar-refractivity contribution in [1.82, 2.24) is 0 Å². The summed E-state index contributed by atoms with van der Waals surface area (Å²) in [5.74, 6) is 2.52. The first kappa shape index (κ1) is 12.9. The topological polar surface area (TPSA) is 0 Å². The highest BCUT2D eigenvalue weighted by Gasteiger charge is 1.99. The van der Waals surface area contributed by atoms with Gasteiger partial charge in [0.05, 0.1) is 0 Å². The Morgan fingerprint density at radius 1 is 0.947 bits per heavy atom. The molecule has 0 saturated carbocycles. The van der Waals surface area contributed by atoms with Gasteiger partial charge in [-0.3, -0.25) is 0 Å². The first-order valence-electron chi connectivity index (χ1n) is 6.30. The maximum absolute atomic E-state index is 5.25. The zero-order valence-electron chi connectivity index (χ0n) is 11.0. The molecule has 0 heteroatoms. The predicted molar refractivity (Wildman–Crippen MR) is 83.5 cm³/mol. The van der Waals surface area contributed by atoms with E-state index in [0.29, 0.717) is 0 Å². The lowest BCUT2D eigenvalue weighted by Gasteiger charge is -2.05. The van der Waals surface area contributed by atoms with Gasteiger partial charge in [-0.15, -0.1) is 6.42 Å². The molecule has 0 aliphatic carbocycles. The number of allylic oxidation sites excluding steroid dienone is 4. The summed E-state index contributed by atoms with van der Waals surface area (Å²) in [6.07, 6.45) is 11.0. The van der Waals surface area contributed by atoms with Crippen LogP contribution in [0.4, 0.5) is 0 Å². The largest absolute Gasteiger partial charge is 0.115 e. The van der Waals surface area contributed by atoms with E-state index >= 15 is 0 Å². The molecule has 92 valence electrons. The smallest absolute Gasteiger partial charge is 0.0116 e. The molecule has 0 aromatic heterocycles. The molecule has 0 atom stereocenters. The second-order valence-electron chi connectivity index (χ2n) is 4.19. The molecule has 0 heterocycles. The highest BCUT2D eigenvalue weighted by molar-refractivity contribution is 5.76. The number of rotatable bonds is 3. The minimum atomic E-state index is 1.14. The van der Waals surface area contributed by atoms with E-state index in [0.717, 1.165) is 5.57 Å². The Balaban J connectivity index is 2.29. The Bertz CT molecular complexity index is 620. The summed E-state index contributed by atoms with van der Waals surface area (Å²) in [5, 5.41) is 0. The van der Waals surface area contributed by atoms with Crippen LogP contribution in [0.1, 0.15) is 12.5 Å². The molecule has 0 fully saturated rings. The van der Waals surface area contributed by atoms with Crippen LogP contribution < -0.4 is 0 Å². The van der Waals surface area contributed by atoms with Gasteiger partial charge in [-0.25, -0.2) is 0 Å². The van der Waals surface area contributed by atoms with Gasteiger partial charge in [0.25, 0.3) is 0 Å². The molecule has 2 rings (SSSR count). The standard InChI is InChI=1S/C19H16/c1-3-5-9-16(4-2)18-12-14-19(15-13-18)17-10-7-6-8-11-17/h1,4-15H,2H3/b9-5-,16-4+. The normalized spacial score (nSPS) is 11.5. The summed E-state index contributed by atoms with van der Waals surface area (Å²) in [7, 11) is 0. The summed E-state index contributed by atoms with van der Waals surface area (Å²) in [5.41, 5.74) is 4.77. The van der Waals surface area contributed by atoms with Gasteiger partial charge in [-0.05, 0) is 41.3 Å². The van der Waals surface area contributed by atoms with Crippen LogP contribution in [-0.2, 0) is 0 Å². The van der Waals surface area contributed by atoms with Crippen LogP contribution in [0.3, 0.4) is 0 Å². The Labute approximate surface area is 115 Å². The van der Waals surface area contributed by atoms with E-state index < -0.39 is 0 Å². The third-order valence-corrected chi connectivity index (χ3v) is 3.00. The molecule has 0 nitrogen and oxygen atoms in total. The molecule has 0 bridgehead atoms. The molecule has 0 spiro atoms. The van der Waals surface area contributed by atoms with Gasteiger partial charge >= 0.3 is 0 Å². The summed E-state index contributed by atoms with van der Waals surface area (Å²) in [4.78, 5) is 0. The van der Waals surface area contributed by atoms with E-state index in [1.807, 2.05) is 19.1 Å². The van der Waals surface area contributed by atoms with E-state index in [4.69, 9.17) is 6.42 Å². The summed E-state index contributed by atoms with van der Waals surface area (Å²) >= 11 is 0. The fraction of sp³-hybridized carbons (Fsp3) is 0.0526. The summed E-state index contributed by atoms with van der Waals surface area (Å²) in [6.45, 7) is 2.02. The zero-order valence-corrected chi connectivity index (χ0v) is 11.0. The van der Waals surface area contributed by atoms with Crippen LogP contribution in [0, 0.1) is 12.3 Å². The van der Waals surface area contributed by atoms with Crippen molar-refractivity contribution in [2.45, 2.75) is 6.92 Å². The van der Waals surface area contributed by atoms with Crippen LogP contribution in [0.25, 0.3) is 16.7 Å². The highest BCUT2D eigenvalue weighted by atomic mass is 14.0. The van der Waals surface area contributed by atoms with E-state index in [2.05, 4.69) is 60.5 Å². The number of terminal acetylenes is 1. The van der Waals surface area contributed by atoms with Gasteiger partial charge in [-0.1, -0.05) is 66.6 Å². The van der Waals surface area contributed by atoms with Crippen molar-refractivity contribution in [1.29, 1.82) is 0 Å². The Kier molecular flexibility index (Phi) is 4.37. The quantitative estimate of drug-likeness (QED) is 0.529. The summed E-state index contributed by atoms with van der Waals surface area (Å²) in [6, 6.07) is 18.9. The van der Waals surface area contributed by atoms with Gasteiger partial charge in [0, 0.05) is 0 Å². The number of hydrogen-bond acceptors (Lipinski definition) is 0. The molecule has 2 aromatic carbocycles. The number of benzene rings is 2. The van der Waals surface area contributed by atoms with E-state index in [1.165, 1.54) is 16.7 Å². The van der Waals surface area contributed by atoms with Gasteiger partial charge in [-0.2, -0.15) is 0 Å². The monoisotopic (exact) mass is 244 g/mol. The average Bonchev–Trinajstić information content (AvgIpc) is 2.49. The van der Waals surface area contributed by atoms with Crippen molar-refractivity contribution < 1.29 is 0 Å². The Morgan fingerprint density at radius 3 is 2.16 bits per heavy atom. The van der Waals surface area contributed by atoms with Crippen molar-refractivity contribution in [3.63, 3.8) is 0 Å². The minimum Gasteiger partial charge on any atom is -0.115 e. The molecule has 0 aliphatic rings. The van der Waals surface area contributed by atoms with Crippen molar-refractivity contribution >= 4 is 5.57 Å². The second-order valence-corrected chi connectivity index (χ2v) is 4.19. The average molecular weight is 244 g/mol. The van der Waals surface area contributed by atoms with Crippen LogP contribution in [0.5, 0.6) is 0 Å². The molecular weight excluding hydrogens is 228 g/mol.